The molecule has 1 atom stereocenters. The second-order valence-electron chi connectivity index (χ2n) is 2.91. The molecule has 0 bridgehead atoms. The van der Waals surface area contributed by atoms with E-state index in [9.17, 15) is 13.9 Å². The van der Waals surface area contributed by atoms with Gasteiger partial charge in [-0.05, 0) is 17.7 Å². The number of aromatic nitrogens is 2. The maximum absolute atomic E-state index is 12.9. The lowest BCUT2D eigenvalue weighted by Gasteiger charge is -2.07. The zero-order valence-electron chi connectivity index (χ0n) is 7.39. The Bertz CT molecular complexity index is 461. The average Bonchev–Trinajstić information content (AvgIpc) is 2.74. The molecule has 6 heteroatoms. The van der Waals surface area contributed by atoms with Gasteiger partial charge in [-0.15, -0.1) is 0 Å². The van der Waals surface area contributed by atoms with E-state index in [2.05, 4.69) is 8.75 Å². The Morgan fingerprint density at radius 3 is 2.67 bits per heavy atom. The first-order valence-electron chi connectivity index (χ1n) is 4.09. The largest absolute Gasteiger partial charge is 0.382 e. The van der Waals surface area contributed by atoms with Gasteiger partial charge in [-0.1, -0.05) is 6.07 Å². The van der Waals surface area contributed by atoms with Gasteiger partial charge < -0.3 is 5.11 Å². The van der Waals surface area contributed by atoms with Crippen LogP contribution >= 0.6 is 11.7 Å². The summed E-state index contributed by atoms with van der Waals surface area (Å²) in [6.45, 7) is 0. The second kappa shape index (κ2) is 4.00. The summed E-state index contributed by atoms with van der Waals surface area (Å²) in [7, 11) is 0. The highest BCUT2D eigenvalue weighted by atomic mass is 32.1. The predicted molar refractivity (Wildman–Crippen MR) is 50.3 cm³/mol. The molecule has 0 aliphatic heterocycles. The Kier molecular flexibility index (Phi) is 2.70. The van der Waals surface area contributed by atoms with Crippen LogP contribution in [-0.4, -0.2) is 13.9 Å². The zero-order valence-corrected chi connectivity index (χ0v) is 8.21. The molecule has 0 amide bonds. The molecule has 78 valence electrons. The summed E-state index contributed by atoms with van der Waals surface area (Å²) in [6.07, 6.45) is 0.315. The minimum atomic E-state index is -1.07. The first kappa shape index (κ1) is 10.1. The maximum atomic E-state index is 12.9. The van der Waals surface area contributed by atoms with Crippen LogP contribution in [-0.2, 0) is 0 Å². The van der Waals surface area contributed by atoms with Gasteiger partial charge in [-0.25, -0.2) is 8.78 Å². The Balaban J connectivity index is 2.34. The standard InChI is InChI=1S/C9H6F2N2OS/c10-6-2-1-5(3-7(6)11)9(14)8-4-12-15-13-8/h1-4,9,14H. The molecule has 0 fully saturated rings. The second-order valence-corrected chi connectivity index (χ2v) is 3.47. The molecule has 0 radical (unpaired) electrons. The number of rotatable bonds is 2. The van der Waals surface area contributed by atoms with Crippen LogP contribution in [0.2, 0.25) is 0 Å². The molecular formula is C9H6F2N2OS. The highest BCUT2D eigenvalue weighted by molar-refractivity contribution is 6.99. The van der Waals surface area contributed by atoms with Crippen molar-refractivity contribution in [1.82, 2.24) is 8.75 Å². The van der Waals surface area contributed by atoms with Crippen LogP contribution in [0.25, 0.3) is 0 Å². The summed E-state index contributed by atoms with van der Waals surface area (Å²) < 4.78 is 33.0. The summed E-state index contributed by atoms with van der Waals surface area (Å²) in [6, 6.07) is 3.22. The fourth-order valence-electron chi connectivity index (χ4n) is 1.15. The van der Waals surface area contributed by atoms with Crippen LogP contribution in [0.1, 0.15) is 17.4 Å². The topological polar surface area (TPSA) is 46.0 Å². The maximum Gasteiger partial charge on any atom is 0.159 e. The lowest BCUT2D eigenvalue weighted by Crippen LogP contribution is -2.01. The average molecular weight is 228 g/mol. The molecular weight excluding hydrogens is 222 g/mol. The minimum Gasteiger partial charge on any atom is -0.382 e. The monoisotopic (exact) mass is 228 g/mol. The number of halogens is 2. The molecule has 0 saturated heterocycles. The highest BCUT2D eigenvalue weighted by Gasteiger charge is 2.15. The Hall–Kier alpha value is -1.40. The fourth-order valence-corrected chi connectivity index (χ4v) is 1.59. The molecule has 0 aliphatic rings. The van der Waals surface area contributed by atoms with Crippen molar-refractivity contribution in [1.29, 1.82) is 0 Å². The summed E-state index contributed by atoms with van der Waals surface area (Å²) >= 11 is 0.942. The number of hydrogen-bond acceptors (Lipinski definition) is 4. The van der Waals surface area contributed by atoms with Crippen molar-refractivity contribution in [3.05, 3.63) is 47.3 Å². The van der Waals surface area contributed by atoms with E-state index >= 15 is 0 Å². The van der Waals surface area contributed by atoms with Crippen molar-refractivity contribution >= 4 is 11.7 Å². The van der Waals surface area contributed by atoms with Gasteiger partial charge in [0.05, 0.1) is 17.9 Å². The van der Waals surface area contributed by atoms with E-state index in [1.807, 2.05) is 0 Å². The third-order valence-corrected chi connectivity index (χ3v) is 2.41. The fraction of sp³-hybridized carbons (Fsp3) is 0.111. The molecule has 15 heavy (non-hydrogen) atoms. The molecule has 1 heterocycles. The molecule has 1 N–H and O–H groups in total. The molecule has 1 unspecified atom stereocenters. The molecule has 2 rings (SSSR count). The van der Waals surface area contributed by atoms with Gasteiger partial charge >= 0.3 is 0 Å². The molecule has 1 aromatic heterocycles. The van der Waals surface area contributed by atoms with E-state index < -0.39 is 17.7 Å². The Labute approximate surface area is 88.3 Å². The Morgan fingerprint density at radius 2 is 2.07 bits per heavy atom. The summed E-state index contributed by atoms with van der Waals surface area (Å²) in [5.74, 6) is -1.93. The number of benzene rings is 1. The van der Waals surface area contributed by atoms with E-state index in [-0.39, 0.29) is 5.56 Å². The van der Waals surface area contributed by atoms with Crippen molar-refractivity contribution in [2.75, 3.05) is 0 Å². The van der Waals surface area contributed by atoms with Crippen molar-refractivity contribution < 1.29 is 13.9 Å². The van der Waals surface area contributed by atoms with E-state index in [1.54, 1.807) is 0 Å². The normalized spacial score (nSPS) is 12.7. The third-order valence-electron chi connectivity index (χ3n) is 1.92. The third kappa shape index (κ3) is 2.00. The summed E-state index contributed by atoms with van der Waals surface area (Å²) in [4.78, 5) is 0. The number of aliphatic hydroxyl groups excluding tert-OH is 1. The quantitative estimate of drug-likeness (QED) is 0.853. The van der Waals surface area contributed by atoms with Crippen molar-refractivity contribution in [3.63, 3.8) is 0 Å². The van der Waals surface area contributed by atoms with E-state index in [0.717, 1.165) is 23.9 Å². The van der Waals surface area contributed by atoms with E-state index in [0.29, 0.717) is 5.69 Å². The van der Waals surface area contributed by atoms with Gasteiger partial charge in [0.25, 0.3) is 0 Å². The first-order valence-corrected chi connectivity index (χ1v) is 4.82. The predicted octanol–water partition coefficient (Wildman–Crippen LogP) is 1.90. The van der Waals surface area contributed by atoms with Gasteiger partial charge in [0.15, 0.2) is 11.6 Å². The summed E-state index contributed by atoms with van der Waals surface area (Å²) in [5.41, 5.74) is 0.576. The van der Waals surface area contributed by atoms with Crippen molar-refractivity contribution in [3.8, 4) is 0 Å². The van der Waals surface area contributed by atoms with E-state index in [1.165, 1.54) is 12.3 Å². The van der Waals surface area contributed by atoms with Gasteiger partial charge in [0, 0.05) is 0 Å². The molecule has 0 aliphatic carbocycles. The SMILES string of the molecule is OC(c1ccc(F)c(F)c1)c1cnsn1. The van der Waals surface area contributed by atoms with Crippen LogP contribution in [0.15, 0.2) is 24.4 Å². The van der Waals surface area contributed by atoms with Gasteiger partial charge in [-0.3, -0.25) is 0 Å². The van der Waals surface area contributed by atoms with Gasteiger partial charge in [0.2, 0.25) is 0 Å². The van der Waals surface area contributed by atoms with Crippen LogP contribution in [0.4, 0.5) is 8.78 Å². The lowest BCUT2D eigenvalue weighted by atomic mass is 10.1. The van der Waals surface area contributed by atoms with Crippen LogP contribution in [0.3, 0.4) is 0 Å². The molecule has 3 nitrogen and oxygen atoms in total. The molecule has 1 aromatic carbocycles. The lowest BCUT2D eigenvalue weighted by molar-refractivity contribution is 0.215. The Morgan fingerprint density at radius 1 is 1.27 bits per heavy atom. The first-order chi connectivity index (χ1) is 7.18. The van der Waals surface area contributed by atoms with Gasteiger partial charge in [0.1, 0.15) is 11.8 Å². The number of aliphatic hydroxyl groups is 1. The summed E-state index contributed by atoms with van der Waals surface area (Å²) in [5, 5.41) is 9.71. The molecule has 2 aromatic rings. The number of hydrogen-bond donors (Lipinski definition) is 1. The van der Waals surface area contributed by atoms with Crippen LogP contribution in [0.5, 0.6) is 0 Å². The van der Waals surface area contributed by atoms with E-state index in [4.69, 9.17) is 0 Å². The molecule has 0 spiro atoms. The highest BCUT2D eigenvalue weighted by Crippen LogP contribution is 2.21. The van der Waals surface area contributed by atoms with Crippen LogP contribution in [0, 0.1) is 11.6 Å². The number of nitrogens with zero attached hydrogens (tertiary/aromatic N) is 2. The van der Waals surface area contributed by atoms with Crippen molar-refractivity contribution in [2.24, 2.45) is 0 Å². The van der Waals surface area contributed by atoms with Crippen molar-refractivity contribution in [2.45, 2.75) is 6.10 Å². The minimum absolute atomic E-state index is 0.251. The smallest absolute Gasteiger partial charge is 0.159 e. The zero-order chi connectivity index (χ0) is 10.8. The molecule has 0 saturated carbocycles. The van der Waals surface area contributed by atoms with Gasteiger partial charge in [-0.2, -0.15) is 8.75 Å². The van der Waals surface area contributed by atoms with Crippen LogP contribution < -0.4 is 0 Å².